The fraction of sp³-hybridized carbons (Fsp3) is 0.400. The van der Waals surface area contributed by atoms with E-state index in [0.29, 0.717) is 13.0 Å². The van der Waals surface area contributed by atoms with Gasteiger partial charge in [-0.05, 0) is 55.3 Å². The molecule has 0 unspecified atom stereocenters. The predicted molar refractivity (Wildman–Crippen MR) is 126 cm³/mol. The minimum atomic E-state index is -0.684. The van der Waals surface area contributed by atoms with Gasteiger partial charge in [-0.15, -0.1) is 0 Å². The van der Waals surface area contributed by atoms with Gasteiger partial charge in [-0.1, -0.05) is 54.6 Å². The average Bonchev–Trinajstić information content (AvgIpc) is 2.78. The van der Waals surface area contributed by atoms with Crippen LogP contribution in [0.1, 0.15) is 42.4 Å². The van der Waals surface area contributed by atoms with Crippen molar-refractivity contribution < 1.29 is 14.4 Å². The largest absolute Gasteiger partial charge is 0.354 e. The Labute approximate surface area is 189 Å². The third kappa shape index (κ3) is 9.85. The summed E-state index contributed by atoms with van der Waals surface area (Å²) < 4.78 is 0. The van der Waals surface area contributed by atoms with E-state index in [1.807, 2.05) is 30.3 Å². The molecule has 0 bridgehead atoms. The third-order valence-corrected chi connectivity index (χ3v) is 5.16. The predicted octanol–water partition coefficient (Wildman–Crippen LogP) is 1.62. The topological polar surface area (TPSA) is 127 Å². The molecule has 0 aliphatic carbocycles. The van der Waals surface area contributed by atoms with Crippen LogP contribution in [0.5, 0.6) is 0 Å². The second kappa shape index (κ2) is 14.1. The normalized spacial score (nSPS) is 11.6. The molecule has 7 heteroatoms. The van der Waals surface area contributed by atoms with E-state index < -0.39 is 11.9 Å². The molecule has 0 aliphatic rings. The van der Waals surface area contributed by atoms with E-state index in [-0.39, 0.29) is 31.2 Å². The SMILES string of the molecule is NCC[C@H](N)C(=O)NCCC(=O)NC(=O)Cc1ccc(CCCCc2ccccc2)cc1. The van der Waals surface area contributed by atoms with Gasteiger partial charge >= 0.3 is 0 Å². The number of hydrogen-bond donors (Lipinski definition) is 4. The van der Waals surface area contributed by atoms with E-state index in [1.54, 1.807) is 0 Å². The molecule has 1 atom stereocenters. The Morgan fingerprint density at radius 1 is 0.812 bits per heavy atom. The molecule has 0 saturated carbocycles. The van der Waals surface area contributed by atoms with E-state index in [1.165, 1.54) is 11.1 Å². The Kier molecular flexibility index (Phi) is 11.1. The minimum Gasteiger partial charge on any atom is -0.354 e. The van der Waals surface area contributed by atoms with Gasteiger partial charge in [0.15, 0.2) is 0 Å². The van der Waals surface area contributed by atoms with Gasteiger partial charge in [-0.3, -0.25) is 19.7 Å². The van der Waals surface area contributed by atoms with Crippen molar-refractivity contribution in [3.8, 4) is 0 Å². The standard InChI is InChI=1S/C25H34N4O3/c26-16-14-22(27)25(32)28-17-15-23(30)29-24(31)18-21-12-10-20(11-13-21)9-5-4-8-19-6-2-1-3-7-19/h1-3,6-7,10-13,22H,4-5,8-9,14-18,26-27H2,(H,28,32)(H,29,30,31)/t22-/m0/s1. The number of imide groups is 1. The third-order valence-electron chi connectivity index (χ3n) is 5.16. The number of rotatable bonds is 13. The quantitative estimate of drug-likeness (QED) is 0.353. The molecule has 0 aromatic heterocycles. The zero-order chi connectivity index (χ0) is 23.2. The van der Waals surface area contributed by atoms with Gasteiger partial charge in [-0.25, -0.2) is 0 Å². The Morgan fingerprint density at radius 2 is 1.41 bits per heavy atom. The summed E-state index contributed by atoms with van der Waals surface area (Å²) in [6, 6.07) is 17.7. The molecule has 0 spiro atoms. The van der Waals surface area contributed by atoms with Crippen LogP contribution < -0.4 is 22.1 Å². The molecule has 2 aromatic carbocycles. The van der Waals surface area contributed by atoms with Crippen LogP contribution in [0.15, 0.2) is 54.6 Å². The molecule has 7 nitrogen and oxygen atoms in total. The lowest BCUT2D eigenvalue weighted by molar-refractivity contribution is -0.130. The Bertz CT molecular complexity index is 853. The number of hydrogen-bond acceptors (Lipinski definition) is 5. The van der Waals surface area contributed by atoms with Crippen LogP contribution in [0.2, 0.25) is 0 Å². The van der Waals surface area contributed by atoms with E-state index in [0.717, 1.165) is 31.2 Å². The van der Waals surface area contributed by atoms with Crippen molar-refractivity contribution in [3.63, 3.8) is 0 Å². The number of carbonyl (C=O) groups is 3. The van der Waals surface area contributed by atoms with Crippen LogP contribution >= 0.6 is 0 Å². The molecule has 2 rings (SSSR count). The summed E-state index contributed by atoms with van der Waals surface area (Å²) in [4.78, 5) is 35.6. The maximum Gasteiger partial charge on any atom is 0.236 e. The first-order valence-corrected chi connectivity index (χ1v) is 11.2. The van der Waals surface area contributed by atoms with Crippen LogP contribution in [-0.2, 0) is 33.6 Å². The van der Waals surface area contributed by atoms with Crippen molar-refractivity contribution in [2.45, 2.75) is 51.0 Å². The highest BCUT2D eigenvalue weighted by Gasteiger charge is 2.13. The molecule has 0 aliphatic heterocycles. The first-order chi connectivity index (χ1) is 15.5. The lowest BCUT2D eigenvalue weighted by atomic mass is 10.0. The number of amides is 3. The molecule has 3 amide bonds. The van der Waals surface area contributed by atoms with Crippen molar-refractivity contribution in [1.82, 2.24) is 10.6 Å². The summed E-state index contributed by atoms with van der Waals surface area (Å²) in [6.07, 6.45) is 4.84. The van der Waals surface area contributed by atoms with Crippen molar-refractivity contribution in [2.75, 3.05) is 13.1 Å². The van der Waals surface area contributed by atoms with Crippen LogP contribution in [0.4, 0.5) is 0 Å². The molecule has 0 radical (unpaired) electrons. The summed E-state index contributed by atoms with van der Waals surface area (Å²) in [5.74, 6) is -1.15. The molecular weight excluding hydrogens is 404 g/mol. The second-order valence-corrected chi connectivity index (χ2v) is 7.88. The number of unbranched alkanes of at least 4 members (excludes halogenated alkanes) is 1. The first-order valence-electron chi connectivity index (χ1n) is 11.2. The molecule has 32 heavy (non-hydrogen) atoms. The van der Waals surface area contributed by atoms with Crippen LogP contribution in [0.25, 0.3) is 0 Å². The van der Waals surface area contributed by atoms with Crippen molar-refractivity contribution in [2.24, 2.45) is 11.5 Å². The van der Waals surface area contributed by atoms with Crippen LogP contribution in [-0.4, -0.2) is 36.9 Å². The monoisotopic (exact) mass is 438 g/mol. The van der Waals surface area contributed by atoms with E-state index >= 15 is 0 Å². The van der Waals surface area contributed by atoms with Crippen LogP contribution in [0.3, 0.4) is 0 Å². The second-order valence-electron chi connectivity index (χ2n) is 7.88. The fourth-order valence-corrected chi connectivity index (χ4v) is 3.32. The Morgan fingerprint density at radius 3 is 2.03 bits per heavy atom. The van der Waals surface area contributed by atoms with Crippen LogP contribution in [0, 0.1) is 0 Å². The molecule has 6 N–H and O–H groups in total. The zero-order valence-electron chi connectivity index (χ0n) is 18.5. The molecule has 0 saturated heterocycles. The Balaban J connectivity index is 1.63. The Hall–Kier alpha value is -3.03. The van der Waals surface area contributed by atoms with E-state index in [4.69, 9.17) is 11.5 Å². The molecule has 2 aromatic rings. The molecule has 172 valence electrons. The minimum absolute atomic E-state index is 0.00867. The fourth-order valence-electron chi connectivity index (χ4n) is 3.32. The highest BCUT2D eigenvalue weighted by molar-refractivity contribution is 5.96. The molecule has 0 heterocycles. The first kappa shape index (κ1) is 25.2. The van der Waals surface area contributed by atoms with Gasteiger partial charge in [0, 0.05) is 13.0 Å². The van der Waals surface area contributed by atoms with Gasteiger partial charge in [-0.2, -0.15) is 0 Å². The smallest absolute Gasteiger partial charge is 0.236 e. The molecule has 0 fully saturated rings. The van der Waals surface area contributed by atoms with Gasteiger partial charge in [0.05, 0.1) is 12.5 Å². The summed E-state index contributed by atoms with van der Waals surface area (Å²) in [5, 5.41) is 4.91. The summed E-state index contributed by atoms with van der Waals surface area (Å²) >= 11 is 0. The van der Waals surface area contributed by atoms with Crippen molar-refractivity contribution >= 4 is 17.7 Å². The summed E-state index contributed by atoms with van der Waals surface area (Å²) in [7, 11) is 0. The lowest BCUT2D eigenvalue weighted by Gasteiger charge is -2.11. The number of carbonyl (C=O) groups excluding carboxylic acids is 3. The van der Waals surface area contributed by atoms with Gasteiger partial charge in [0.25, 0.3) is 0 Å². The highest BCUT2D eigenvalue weighted by Crippen LogP contribution is 2.11. The maximum absolute atomic E-state index is 12.1. The van der Waals surface area contributed by atoms with E-state index in [2.05, 4.69) is 34.9 Å². The highest BCUT2D eigenvalue weighted by atomic mass is 16.2. The number of aryl methyl sites for hydroxylation is 2. The van der Waals surface area contributed by atoms with Crippen molar-refractivity contribution in [3.05, 3.63) is 71.3 Å². The summed E-state index contributed by atoms with van der Waals surface area (Å²) in [6.45, 7) is 0.438. The van der Waals surface area contributed by atoms with Gasteiger partial charge < -0.3 is 16.8 Å². The number of nitrogens with one attached hydrogen (secondary N) is 2. The van der Waals surface area contributed by atoms with Gasteiger partial charge in [0.1, 0.15) is 0 Å². The number of benzene rings is 2. The molecular formula is C25H34N4O3. The lowest BCUT2D eigenvalue weighted by Crippen LogP contribution is -2.43. The van der Waals surface area contributed by atoms with E-state index in [9.17, 15) is 14.4 Å². The van der Waals surface area contributed by atoms with Crippen molar-refractivity contribution in [1.29, 1.82) is 0 Å². The number of nitrogens with two attached hydrogens (primary N) is 2. The van der Waals surface area contributed by atoms with Gasteiger partial charge in [0.2, 0.25) is 17.7 Å². The zero-order valence-corrected chi connectivity index (χ0v) is 18.5. The average molecular weight is 439 g/mol. The summed E-state index contributed by atoms with van der Waals surface area (Å²) in [5.41, 5.74) is 14.4. The maximum atomic E-state index is 12.1.